The molecule has 15 heavy (non-hydrogen) atoms. The Morgan fingerprint density at radius 1 is 1.27 bits per heavy atom. The van der Waals surface area contributed by atoms with Crippen LogP contribution in [0, 0.1) is 0 Å². The fraction of sp³-hybridized carbons (Fsp3) is 0.417. The molecule has 0 aromatic heterocycles. The molecule has 1 aromatic carbocycles. The minimum Gasteiger partial charge on any atom is -0.285 e. The molecular weight excluding hydrogens is 188 g/mol. The molecule has 0 bridgehead atoms. The fourth-order valence-corrected chi connectivity index (χ4v) is 1.38. The van der Waals surface area contributed by atoms with Crippen molar-refractivity contribution in [2.45, 2.75) is 19.8 Å². The average molecular weight is 206 g/mol. The first-order valence-corrected chi connectivity index (χ1v) is 5.20. The summed E-state index contributed by atoms with van der Waals surface area (Å²) in [5, 5.41) is 1.64. The Morgan fingerprint density at radius 3 is 2.33 bits per heavy atom. The van der Waals surface area contributed by atoms with Crippen molar-refractivity contribution in [3.8, 4) is 0 Å². The molecule has 3 heteroatoms. The quantitative estimate of drug-likeness (QED) is 0.762. The van der Waals surface area contributed by atoms with Crippen LogP contribution in [0.3, 0.4) is 0 Å². The first-order valence-electron chi connectivity index (χ1n) is 5.20. The lowest BCUT2D eigenvalue weighted by molar-refractivity contribution is 0.0857. The second-order valence-corrected chi connectivity index (χ2v) is 3.78. The van der Waals surface area contributed by atoms with E-state index in [-0.39, 0.29) is 5.91 Å². The van der Waals surface area contributed by atoms with Gasteiger partial charge in [0.25, 0.3) is 5.91 Å². The lowest BCUT2D eigenvalue weighted by atomic mass is 10.1. The van der Waals surface area contributed by atoms with Crippen LogP contribution >= 0.6 is 0 Å². The highest BCUT2D eigenvalue weighted by molar-refractivity contribution is 5.93. The molecule has 0 heterocycles. The Labute approximate surface area is 91.1 Å². The number of carbonyl (C=O) groups is 1. The summed E-state index contributed by atoms with van der Waals surface area (Å²) in [6.07, 6.45) is 2.19. The minimum atomic E-state index is -0.0666. The van der Waals surface area contributed by atoms with Crippen molar-refractivity contribution in [3.63, 3.8) is 0 Å². The van der Waals surface area contributed by atoms with Crippen LogP contribution in [-0.2, 0) is 6.42 Å². The van der Waals surface area contributed by atoms with E-state index in [1.807, 2.05) is 24.3 Å². The number of hydrogen-bond acceptors (Lipinski definition) is 2. The van der Waals surface area contributed by atoms with Gasteiger partial charge in [-0.2, -0.15) is 0 Å². The van der Waals surface area contributed by atoms with Crippen molar-refractivity contribution in [2.24, 2.45) is 0 Å². The zero-order chi connectivity index (χ0) is 11.3. The maximum atomic E-state index is 11.6. The molecule has 1 aromatic rings. The van der Waals surface area contributed by atoms with Crippen molar-refractivity contribution < 1.29 is 4.79 Å². The number of carbonyl (C=O) groups excluding carboxylic acids is 1. The van der Waals surface area contributed by atoms with Crippen LogP contribution < -0.4 is 5.43 Å². The Morgan fingerprint density at radius 2 is 1.87 bits per heavy atom. The number of rotatable bonds is 4. The van der Waals surface area contributed by atoms with Gasteiger partial charge >= 0.3 is 0 Å². The summed E-state index contributed by atoms with van der Waals surface area (Å²) >= 11 is 0. The summed E-state index contributed by atoms with van der Waals surface area (Å²) < 4.78 is 0. The van der Waals surface area contributed by atoms with Crippen LogP contribution in [0.1, 0.15) is 29.3 Å². The molecule has 0 unspecified atom stereocenters. The number of nitrogens with zero attached hydrogens (tertiary/aromatic N) is 1. The van der Waals surface area contributed by atoms with Gasteiger partial charge in [-0.25, -0.2) is 5.01 Å². The van der Waals surface area contributed by atoms with Gasteiger partial charge in [-0.3, -0.25) is 10.2 Å². The van der Waals surface area contributed by atoms with Gasteiger partial charge < -0.3 is 0 Å². The zero-order valence-corrected chi connectivity index (χ0v) is 9.58. The molecule has 0 saturated heterocycles. The summed E-state index contributed by atoms with van der Waals surface area (Å²) in [5.41, 5.74) is 4.68. The molecule has 0 spiro atoms. The van der Waals surface area contributed by atoms with Crippen molar-refractivity contribution >= 4 is 5.91 Å². The Bertz CT molecular complexity index is 317. The number of hydrazine groups is 1. The largest absolute Gasteiger partial charge is 0.285 e. The number of hydrogen-bond donors (Lipinski definition) is 1. The van der Waals surface area contributed by atoms with Gasteiger partial charge in [-0.15, -0.1) is 0 Å². The molecule has 0 fully saturated rings. The molecule has 0 aliphatic heterocycles. The van der Waals surface area contributed by atoms with E-state index in [0.717, 1.165) is 12.8 Å². The van der Waals surface area contributed by atoms with E-state index in [1.165, 1.54) is 5.56 Å². The molecule has 0 aliphatic carbocycles. The molecule has 0 radical (unpaired) electrons. The number of amides is 1. The lowest BCUT2D eigenvalue weighted by Crippen LogP contribution is -2.36. The lowest BCUT2D eigenvalue weighted by Gasteiger charge is -2.11. The van der Waals surface area contributed by atoms with E-state index in [4.69, 9.17) is 0 Å². The standard InChI is InChI=1S/C12H18N2O/c1-4-5-10-6-8-11(9-7-10)12(15)13-14(2)3/h6-9H,4-5H2,1-3H3,(H,13,15). The third-order valence-electron chi connectivity index (χ3n) is 2.08. The van der Waals surface area contributed by atoms with Gasteiger partial charge in [0, 0.05) is 19.7 Å². The maximum Gasteiger partial charge on any atom is 0.265 e. The highest BCUT2D eigenvalue weighted by Crippen LogP contribution is 2.06. The molecule has 0 saturated carbocycles. The van der Waals surface area contributed by atoms with E-state index in [0.29, 0.717) is 5.56 Å². The average Bonchev–Trinajstić information content (AvgIpc) is 2.18. The summed E-state index contributed by atoms with van der Waals surface area (Å²) in [6, 6.07) is 7.75. The van der Waals surface area contributed by atoms with Crippen LogP contribution in [0.4, 0.5) is 0 Å². The van der Waals surface area contributed by atoms with Gasteiger partial charge in [0.15, 0.2) is 0 Å². The summed E-state index contributed by atoms with van der Waals surface area (Å²) in [5.74, 6) is -0.0666. The Hall–Kier alpha value is -1.35. The molecule has 82 valence electrons. The van der Waals surface area contributed by atoms with Crippen LogP contribution in [0.15, 0.2) is 24.3 Å². The summed E-state index contributed by atoms with van der Waals surface area (Å²) in [4.78, 5) is 11.6. The van der Waals surface area contributed by atoms with Crippen molar-refractivity contribution in [2.75, 3.05) is 14.1 Å². The molecule has 0 atom stereocenters. The monoisotopic (exact) mass is 206 g/mol. The van der Waals surface area contributed by atoms with Crippen molar-refractivity contribution in [1.82, 2.24) is 10.4 Å². The normalized spacial score (nSPS) is 10.4. The minimum absolute atomic E-state index is 0.0666. The molecule has 1 rings (SSSR count). The highest BCUT2D eigenvalue weighted by Gasteiger charge is 2.04. The van der Waals surface area contributed by atoms with E-state index in [2.05, 4.69) is 12.3 Å². The predicted octanol–water partition coefficient (Wildman–Crippen LogP) is 1.85. The SMILES string of the molecule is CCCc1ccc(C(=O)NN(C)C)cc1. The third kappa shape index (κ3) is 3.72. The van der Waals surface area contributed by atoms with E-state index in [9.17, 15) is 4.79 Å². The molecule has 1 amide bonds. The van der Waals surface area contributed by atoms with E-state index < -0.39 is 0 Å². The number of benzene rings is 1. The smallest absolute Gasteiger partial charge is 0.265 e. The molecule has 1 N–H and O–H groups in total. The summed E-state index contributed by atoms with van der Waals surface area (Å²) in [6.45, 7) is 2.15. The van der Waals surface area contributed by atoms with Crippen LogP contribution in [0.25, 0.3) is 0 Å². The topological polar surface area (TPSA) is 32.3 Å². The predicted molar refractivity (Wildman–Crippen MR) is 61.6 cm³/mol. The van der Waals surface area contributed by atoms with Crippen molar-refractivity contribution in [3.05, 3.63) is 35.4 Å². The Balaban J connectivity index is 2.67. The van der Waals surface area contributed by atoms with Gasteiger partial charge in [0.05, 0.1) is 0 Å². The van der Waals surface area contributed by atoms with Crippen LogP contribution in [0.5, 0.6) is 0 Å². The molecule has 3 nitrogen and oxygen atoms in total. The van der Waals surface area contributed by atoms with E-state index in [1.54, 1.807) is 19.1 Å². The second kappa shape index (κ2) is 5.51. The Kier molecular flexibility index (Phi) is 4.31. The maximum absolute atomic E-state index is 11.6. The van der Waals surface area contributed by atoms with E-state index >= 15 is 0 Å². The fourth-order valence-electron chi connectivity index (χ4n) is 1.38. The molecular formula is C12H18N2O. The number of aryl methyl sites for hydroxylation is 1. The first-order chi connectivity index (χ1) is 7.13. The van der Waals surface area contributed by atoms with Gasteiger partial charge in [0.1, 0.15) is 0 Å². The first kappa shape index (κ1) is 11.7. The highest BCUT2D eigenvalue weighted by atomic mass is 16.2. The molecule has 0 aliphatic rings. The van der Waals surface area contributed by atoms with Crippen LogP contribution in [-0.4, -0.2) is 25.0 Å². The van der Waals surface area contributed by atoms with Gasteiger partial charge in [0.2, 0.25) is 0 Å². The summed E-state index contributed by atoms with van der Waals surface area (Å²) in [7, 11) is 3.59. The number of nitrogens with one attached hydrogen (secondary N) is 1. The zero-order valence-electron chi connectivity index (χ0n) is 9.58. The van der Waals surface area contributed by atoms with Crippen molar-refractivity contribution in [1.29, 1.82) is 0 Å². The third-order valence-corrected chi connectivity index (χ3v) is 2.08. The van der Waals surface area contributed by atoms with Crippen LogP contribution in [0.2, 0.25) is 0 Å². The second-order valence-electron chi connectivity index (χ2n) is 3.78. The van der Waals surface area contributed by atoms with Gasteiger partial charge in [-0.05, 0) is 24.1 Å². The van der Waals surface area contributed by atoms with Gasteiger partial charge in [-0.1, -0.05) is 25.5 Å².